The molecule has 0 unspecified atom stereocenters. The summed E-state index contributed by atoms with van der Waals surface area (Å²) in [5.74, 6) is -0.362. The maximum atomic E-state index is 11.5. The number of esters is 1. The van der Waals surface area contributed by atoms with E-state index in [1.54, 1.807) is 0 Å². The van der Waals surface area contributed by atoms with E-state index in [9.17, 15) is 4.79 Å². The summed E-state index contributed by atoms with van der Waals surface area (Å²) in [4.78, 5) is 15.9. The monoisotopic (exact) mass is 287 g/mol. The molecule has 1 aromatic heterocycles. The second-order valence-electron chi connectivity index (χ2n) is 6.11. The first-order valence-corrected chi connectivity index (χ1v) is 6.98. The van der Waals surface area contributed by atoms with Gasteiger partial charge in [0, 0.05) is 11.6 Å². The molecule has 0 amide bonds. The molecule has 0 spiro atoms. The number of aryl methyl sites for hydroxylation is 1. The number of benzene rings is 1. The molecule has 4 nitrogen and oxygen atoms in total. The number of pyridine rings is 1. The fourth-order valence-corrected chi connectivity index (χ4v) is 1.99. The molecule has 21 heavy (non-hydrogen) atoms. The number of rotatable bonds is 4. The maximum Gasteiger partial charge on any atom is 0.332 e. The second kappa shape index (κ2) is 6.22. The van der Waals surface area contributed by atoms with Gasteiger partial charge in [-0.15, -0.1) is 0 Å². The Morgan fingerprint density at radius 3 is 2.67 bits per heavy atom. The molecule has 0 saturated carbocycles. The fraction of sp³-hybridized carbons (Fsp3) is 0.412. The zero-order chi connectivity index (χ0) is 15.5. The quantitative estimate of drug-likeness (QED) is 0.809. The van der Waals surface area contributed by atoms with E-state index in [1.807, 2.05) is 39.1 Å². The highest BCUT2D eigenvalue weighted by Gasteiger charge is 2.16. The molecule has 0 radical (unpaired) electrons. The Labute approximate surface area is 125 Å². The number of hydrogen-bond donors (Lipinski definition) is 0. The molecule has 112 valence electrons. The maximum absolute atomic E-state index is 11.5. The third-order valence-corrected chi connectivity index (χ3v) is 2.82. The van der Waals surface area contributed by atoms with Crippen LogP contribution in [0.15, 0.2) is 30.5 Å². The van der Waals surface area contributed by atoms with Gasteiger partial charge in [-0.25, -0.2) is 4.79 Å². The van der Waals surface area contributed by atoms with Gasteiger partial charge in [-0.3, -0.25) is 4.98 Å². The van der Waals surface area contributed by atoms with Crippen molar-refractivity contribution in [2.75, 3.05) is 6.61 Å². The van der Waals surface area contributed by atoms with Crippen LogP contribution in [0.25, 0.3) is 10.8 Å². The molecule has 1 aromatic carbocycles. The number of carbonyl (C=O) groups is 1. The highest BCUT2D eigenvalue weighted by atomic mass is 16.6. The highest BCUT2D eigenvalue weighted by Crippen LogP contribution is 2.16. The predicted molar refractivity (Wildman–Crippen MR) is 82.0 cm³/mol. The lowest BCUT2D eigenvalue weighted by Crippen LogP contribution is -2.26. The van der Waals surface area contributed by atoms with Gasteiger partial charge in [0.2, 0.25) is 0 Å². The normalized spacial score (nSPS) is 11.6. The SMILES string of the molecule is Cc1ccc2cnc(COCC(=O)OC(C)(C)C)cc2c1. The van der Waals surface area contributed by atoms with Crippen LogP contribution in [0.5, 0.6) is 0 Å². The molecule has 0 atom stereocenters. The molecular weight excluding hydrogens is 266 g/mol. The zero-order valence-corrected chi connectivity index (χ0v) is 13.0. The van der Waals surface area contributed by atoms with Gasteiger partial charge < -0.3 is 9.47 Å². The van der Waals surface area contributed by atoms with Crippen LogP contribution in [0.3, 0.4) is 0 Å². The number of hydrogen-bond acceptors (Lipinski definition) is 4. The van der Waals surface area contributed by atoms with Crippen molar-refractivity contribution in [3.8, 4) is 0 Å². The predicted octanol–water partition coefficient (Wildman–Crippen LogP) is 3.40. The van der Waals surface area contributed by atoms with Crippen LogP contribution in [0, 0.1) is 6.92 Å². The molecule has 4 heteroatoms. The van der Waals surface area contributed by atoms with Gasteiger partial charge in [0.05, 0.1) is 12.3 Å². The lowest BCUT2D eigenvalue weighted by Gasteiger charge is -2.19. The van der Waals surface area contributed by atoms with E-state index in [0.717, 1.165) is 16.5 Å². The lowest BCUT2D eigenvalue weighted by atomic mass is 10.1. The van der Waals surface area contributed by atoms with Crippen molar-refractivity contribution in [1.82, 2.24) is 4.98 Å². The second-order valence-corrected chi connectivity index (χ2v) is 6.11. The van der Waals surface area contributed by atoms with Gasteiger partial charge in [0.25, 0.3) is 0 Å². The number of fused-ring (bicyclic) bond motifs is 1. The molecular formula is C17H21NO3. The standard InChI is InChI=1S/C17H21NO3/c1-12-5-6-13-9-18-15(8-14(13)7-12)10-20-11-16(19)21-17(2,3)4/h5-9H,10-11H2,1-4H3. The third kappa shape index (κ3) is 4.83. The Morgan fingerprint density at radius 1 is 1.19 bits per heavy atom. The van der Waals surface area contributed by atoms with Crippen molar-refractivity contribution in [2.45, 2.75) is 39.9 Å². The number of ether oxygens (including phenoxy) is 2. The number of aromatic nitrogens is 1. The first-order chi connectivity index (χ1) is 9.83. The fourth-order valence-electron chi connectivity index (χ4n) is 1.99. The molecule has 0 fully saturated rings. The Bertz CT molecular complexity index is 644. The Balaban J connectivity index is 1.93. The first kappa shape index (κ1) is 15.4. The summed E-state index contributed by atoms with van der Waals surface area (Å²) in [6.45, 7) is 7.78. The van der Waals surface area contributed by atoms with Crippen LogP contribution >= 0.6 is 0 Å². The topological polar surface area (TPSA) is 48.4 Å². The summed E-state index contributed by atoms with van der Waals surface area (Å²) < 4.78 is 10.5. The Morgan fingerprint density at radius 2 is 1.95 bits per heavy atom. The summed E-state index contributed by atoms with van der Waals surface area (Å²) in [6.07, 6.45) is 1.82. The highest BCUT2D eigenvalue weighted by molar-refractivity contribution is 5.82. The van der Waals surface area contributed by atoms with Crippen molar-refractivity contribution in [1.29, 1.82) is 0 Å². The third-order valence-electron chi connectivity index (χ3n) is 2.82. The average Bonchev–Trinajstić information content (AvgIpc) is 2.36. The molecule has 0 aliphatic carbocycles. The van der Waals surface area contributed by atoms with Crippen LogP contribution in [0.4, 0.5) is 0 Å². The molecule has 2 rings (SSSR count). The van der Waals surface area contributed by atoms with Crippen molar-refractivity contribution >= 4 is 16.7 Å². The van der Waals surface area contributed by atoms with Gasteiger partial charge in [0.1, 0.15) is 12.2 Å². The lowest BCUT2D eigenvalue weighted by molar-refractivity contribution is -0.160. The number of nitrogens with zero attached hydrogens (tertiary/aromatic N) is 1. The molecule has 2 aromatic rings. The van der Waals surface area contributed by atoms with Crippen molar-refractivity contribution in [3.05, 3.63) is 41.7 Å². The Hall–Kier alpha value is -1.94. The van der Waals surface area contributed by atoms with Crippen molar-refractivity contribution < 1.29 is 14.3 Å². The van der Waals surface area contributed by atoms with E-state index >= 15 is 0 Å². The first-order valence-electron chi connectivity index (χ1n) is 6.98. The minimum atomic E-state index is -0.487. The van der Waals surface area contributed by atoms with Crippen LogP contribution < -0.4 is 0 Å². The number of carbonyl (C=O) groups excluding carboxylic acids is 1. The smallest absolute Gasteiger partial charge is 0.332 e. The summed E-state index contributed by atoms with van der Waals surface area (Å²) in [5.41, 5.74) is 1.52. The van der Waals surface area contributed by atoms with E-state index in [2.05, 4.69) is 24.0 Å². The largest absolute Gasteiger partial charge is 0.458 e. The molecule has 0 aliphatic rings. The minimum Gasteiger partial charge on any atom is -0.458 e. The van der Waals surface area contributed by atoms with Crippen molar-refractivity contribution in [2.24, 2.45) is 0 Å². The van der Waals surface area contributed by atoms with Crippen LogP contribution in [-0.4, -0.2) is 23.2 Å². The van der Waals surface area contributed by atoms with E-state index in [0.29, 0.717) is 6.61 Å². The van der Waals surface area contributed by atoms with Crippen molar-refractivity contribution in [3.63, 3.8) is 0 Å². The van der Waals surface area contributed by atoms with Gasteiger partial charge >= 0.3 is 5.97 Å². The summed E-state index contributed by atoms with van der Waals surface area (Å²) >= 11 is 0. The van der Waals surface area contributed by atoms with E-state index in [-0.39, 0.29) is 12.6 Å². The van der Waals surface area contributed by atoms with Gasteiger partial charge in [-0.2, -0.15) is 0 Å². The molecule has 0 saturated heterocycles. The zero-order valence-electron chi connectivity index (χ0n) is 13.0. The van der Waals surface area contributed by atoms with Crippen LogP contribution in [0.2, 0.25) is 0 Å². The van der Waals surface area contributed by atoms with E-state index in [1.165, 1.54) is 5.56 Å². The van der Waals surface area contributed by atoms with Gasteiger partial charge in [0.15, 0.2) is 0 Å². The summed E-state index contributed by atoms with van der Waals surface area (Å²) in [5, 5.41) is 2.22. The molecule has 1 heterocycles. The summed E-state index contributed by atoms with van der Waals surface area (Å²) in [7, 11) is 0. The molecule has 0 N–H and O–H groups in total. The van der Waals surface area contributed by atoms with Gasteiger partial charge in [-0.1, -0.05) is 23.8 Å². The molecule has 0 aliphatic heterocycles. The van der Waals surface area contributed by atoms with E-state index < -0.39 is 5.60 Å². The van der Waals surface area contributed by atoms with Crippen LogP contribution in [0.1, 0.15) is 32.0 Å². The minimum absolute atomic E-state index is 0.0647. The van der Waals surface area contributed by atoms with Gasteiger partial charge in [-0.05, 0) is 39.1 Å². The summed E-state index contributed by atoms with van der Waals surface area (Å²) in [6, 6.07) is 8.19. The molecule has 0 bridgehead atoms. The Kier molecular flexibility index (Phi) is 4.58. The van der Waals surface area contributed by atoms with E-state index in [4.69, 9.17) is 9.47 Å². The average molecular weight is 287 g/mol. The van der Waals surface area contributed by atoms with Crippen LogP contribution in [-0.2, 0) is 20.9 Å².